The summed E-state index contributed by atoms with van der Waals surface area (Å²) in [6.45, 7) is 11.5. The highest BCUT2D eigenvalue weighted by Gasteiger charge is 2.39. The molecule has 0 amide bonds. The van der Waals surface area contributed by atoms with E-state index in [9.17, 15) is 0 Å². The van der Waals surface area contributed by atoms with Crippen LogP contribution in [0.3, 0.4) is 0 Å². The molecule has 1 aromatic rings. The Labute approximate surface area is 106 Å². The summed E-state index contributed by atoms with van der Waals surface area (Å²) in [4.78, 5) is 2.52. The van der Waals surface area contributed by atoms with E-state index in [4.69, 9.17) is 0 Å². The van der Waals surface area contributed by atoms with Crippen molar-refractivity contribution in [1.29, 1.82) is 0 Å². The van der Waals surface area contributed by atoms with Crippen molar-refractivity contribution in [3.8, 4) is 0 Å². The normalized spacial score (nSPS) is 24.9. The van der Waals surface area contributed by atoms with Gasteiger partial charge in [0.15, 0.2) is 0 Å². The third-order valence-corrected chi connectivity index (χ3v) is 4.37. The molecule has 0 aromatic heterocycles. The third kappa shape index (κ3) is 2.34. The van der Waals surface area contributed by atoms with E-state index >= 15 is 0 Å². The number of hydrogen-bond donors (Lipinski definition) is 0. The highest BCUT2D eigenvalue weighted by Crippen LogP contribution is 2.37. The maximum Gasteiger partial charge on any atom is 0.0466 e. The molecule has 1 heterocycles. The molecule has 3 unspecified atom stereocenters. The summed E-state index contributed by atoms with van der Waals surface area (Å²) in [7, 11) is 0. The van der Waals surface area contributed by atoms with E-state index in [-0.39, 0.29) is 0 Å². The lowest BCUT2D eigenvalue weighted by Crippen LogP contribution is -2.01. The summed E-state index contributed by atoms with van der Waals surface area (Å²) in [6, 6.07) is 8.58. The van der Waals surface area contributed by atoms with E-state index in [1.807, 2.05) is 0 Å². The fourth-order valence-electron chi connectivity index (χ4n) is 2.55. The van der Waals surface area contributed by atoms with Gasteiger partial charge < -0.3 is 4.90 Å². The van der Waals surface area contributed by atoms with E-state index in [1.54, 1.807) is 0 Å². The van der Waals surface area contributed by atoms with Crippen LogP contribution in [0, 0.1) is 0 Å². The Morgan fingerprint density at radius 3 is 2.24 bits per heavy atom. The lowest BCUT2D eigenvalue weighted by Gasteiger charge is -2.15. The van der Waals surface area contributed by atoms with Crippen molar-refractivity contribution in [3.63, 3.8) is 0 Å². The van der Waals surface area contributed by atoms with E-state index in [0.717, 1.165) is 6.42 Å². The number of rotatable bonds is 4. The molecular weight excluding hydrogens is 206 g/mol. The van der Waals surface area contributed by atoms with Gasteiger partial charge in [0.05, 0.1) is 0 Å². The number of benzene rings is 1. The van der Waals surface area contributed by atoms with Gasteiger partial charge in [0.2, 0.25) is 0 Å². The molecule has 1 aliphatic heterocycles. The molecule has 1 aromatic carbocycles. The molecule has 1 fully saturated rings. The first-order valence-corrected chi connectivity index (χ1v) is 7.00. The van der Waals surface area contributed by atoms with Crippen molar-refractivity contribution in [3.05, 3.63) is 29.3 Å². The fourth-order valence-corrected chi connectivity index (χ4v) is 2.55. The van der Waals surface area contributed by atoms with Crippen molar-refractivity contribution in [1.82, 2.24) is 0 Å². The van der Waals surface area contributed by atoms with Crippen LogP contribution in [0.5, 0.6) is 0 Å². The molecule has 1 nitrogen and oxygen atoms in total. The molecule has 0 radical (unpaired) electrons. The molecule has 0 saturated carbocycles. The van der Waals surface area contributed by atoms with Gasteiger partial charge in [-0.1, -0.05) is 26.8 Å². The Hall–Kier alpha value is -0.980. The first kappa shape index (κ1) is 12.5. The van der Waals surface area contributed by atoms with Gasteiger partial charge in [-0.15, -0.1) is 0 Å². The molecule has 0 spiro atoms. The minimum absolute atomic E-state index is 0.672. The molecule has 0 aliphatic carbocycles. The Balaban J connectivity index is 2.33. The lowest BCUT2D eigenvalue weighted by molar-refractivity contribution is 0.732. The van der Waals surface area contributed by atoms with Crippen LogP contribution in [-0.2, 0) is 6.42 Å². The first-order valence-electron chi connectivity index (χ1n) is 7.00. The first-order chi connectivity index (χ1) is 8.08. The van der Waals surface area contributed by atoms with Crippen molar-refractivity contribution >= 4 is 5.69 Å². The van der Waals surface area contributed by atoms with E-state index in [0.29, 0.717) is 18.0 Å². The number of aryl methyl sites for hydroxylation is 1. The van der Waals surface area contributed by atoms with Crippen LogP contribution >= 0.6 is 0 Å². The minimum atomic E-state index is 0.672. The molecule has 0 N–H and O–H groups in total. The van der Waals surface area contributed by atoms with E-state index in [2.05, 4.69) is 57.7 Å². The Kier molecular flexibility index (Phi) is 3.46. The maximum absolute atomic E-state index is 2.52. The third-order valence-electron chi connectivity index (χ3n) is 4.37. The second kappa shape index (κ2) is 4.72. The second-order valence-electron chi connectivity index (χ2n) is 5.48. The zero-order valence-corrected chi connectivity index (χ0v) is 11.8. The maximum atomic E-state index is 2.52. The smallest absolute Gasteiger partial charge is 0.0466 e. The van der Waals surface area contributed by atoms with Gasteiger partial charge in [-0.25, -0.2) is 0 Å². The summed E-state index contributed by atoms with van der Waals surface area (Å²) in [5, 5.41) is 0. The van der Waals surface area contributed by atoms with Crippen molar-refractivity contribution in [2.24, 2.45) is 0 Å². The molecule has 1 heteroatoms. The highest BCUT2D eigenvalue weighted by atomic mass is 15.3. The van der Waals surface area contributed by atoms with E-state index < -0.39 is 0 Å². The summed E-state index contributed by atoms with van der Waals surface area (Å²) in [5.74, 6) is 0.672. The van der Waals surface area contributed by atoms with Crippen LogP contribution in [0.2, 0.25) is 0 Å². The van der Waals surface area contributed by atoms with Crippen molar-refractivity contribution in [2.45, 2.75) is 65.5 Å². The summed E-state index contributed by atoms with van der Waals surface area (Å²) in [5.41, 5.74) is 4.41. The van der Waals surface area contributed by atoms with Gasteiger partial charge in [-0.2, -0.15) is 0 Å². The van der Waals surface area contributed by atoms with Gasteiger partial charge in [0.1, 0.15) is 0 Å². The predicted molar refractivity (Wildman–Crippen MR) is 75.9 cm³/mol. The Morgan fingerprint density at radius 2 is 1.76 bits per heavy atom. The quantitative estimate of drug-likeness (QED) is 0.696. The summed E-state index contributed by atoms with van der Waals surface area (Å²) >= 11 is 0. The molecule has 1 aliphatic rings. The van der Waals surface area contributed by atoms with Gasteiger partial charge in [-0.3, -0.25) is 0 Å². The van der Waals surface area contributed by atoms with Crippen LogP contribution in [0.25, 0.3) is 0 Å². The van der Waals surface area contributed by atoms with Crippen LogP contribution in [0.15, 0.2) is 18.2 Å². The SMILES string of the molecule is CCc1cc(C(C)CC)cc(N2C(C)C2C)c1. The molecule has 0 bridgehead atoms. The average molecular weight is 231 g/mol. The molecule has 2 rings (SSSR count). The van der Waals surface area contributed by atoms with Gasteiger partial charge in [0.25, 0.3) is 0 Å². The number of hydrogen-bond acceptors (Lipinski definition) is 1. The topological polar surface area (TPSA) is 3.01 Å². The lowest BCUT2D eigenvalue weighted by atomic mass is 9.95. The van der Waals surface area contributed by atoms with E-state index in [1.165, 1.54) is 23.2 Å². The van der Waals surface area contributed by atoms with Crippen LogP contribution < -0.4 is 4.90 Å². The summed E-state index contributed by atoms with van der Waals surface area (Å²) in [6.07, 6.45) is 2.35. The molecule has 94 valence electrons. The molecular formula is C16H25N. The second-order valence-corrected chi connectivity index (χ2v) is 5.48. The average Bonchev–Trinajstić information content (AvgIpc) is 2.95. The minimum Gasteiger partial charge on any atom is -0.362 e. The zero-order valence-electron chi connectivity index (χ0n) is 11.8. The van der Waals surface area contributed by atoms with Gasteiger partial charge >= 0.3 is 0 Å². The largest absolute Gasteiger partial charge is 0.362 e. The predicted octanol–water partition coefficient (Wildman–Crippen LogP) is 4.36. The molecule has 3 atom stereocenters. The van der Waals surface area contributed by atoms with Crippen LogP contribution in [-0.4, -0.2) is 12.1 Å². The zero-order chi connectivity index (χ0) is 12.6. The van der Waals surface area contributed by atoms with Crippen molar-refractivity contribution in [2.75, 3.05) is 4.90 Å². The molecule has 17 heavy (non-hydrogen) atoms. The van der Waals surface area contributed by atoms with Crippen molar-refractivity contribution < 1.29 is 0 Å². The summed E-state index contributed by atoms with van der Waals surface area (Å²) < 4.78 is 0. The van der Waals surface area contributed by atoms with Gasteiger partial charge in [-0.05, 0) is 55.9 Å². The molecule has 1 saturated heterocycles. The van der Waals surface area contributed by atoms with Gasteiger partial charge in [0, 0.05) is 17.8 Å². The fraction of sp³-hybridized carbons (Fsp3) is 0.625. The number of anilines is 1. The standard InChI is InChI=1S/C16H25N/c1-6-11(3)15-8-14(7-2)9-16(10-15)17-12(4)13(17)5/h8-13H,6-7H2,1-5H3. The van der Waals surface area contributed by atoms with Crippen LogP contribution in [0.4, 0.5) is 5.69 Å². The Morgan fingerprint density at radius 1 is 1.12 bits per heavy atom. The monoisotopic (exact) mass is 231 g/mol. The Bertz CT molecular complexity index is 389. The van der Waals surface area contributed by atoms with Crippen LogP contribution in [0.1, 0.15) is 58.1 Å². The highest BCUT2D eigenvalue weighted by molar-refractivity contribution is 5.59. The number of nitrogens with zero attached hydrogens (tertiary/aromatic N) is 1.